The van der Waals surface area contributed by atoms with E-state index in [2.05, 4.69) is 56.1 Å². The number of nitrogens with one attached hydrogen (secondary N) is 1. The highest BCUT2D eigenvalue weighted by Gasteiger charge is 2.07. The Morgan fingerprint density at radius 1 is 1.19 bits per heavy atom. The van der Waals surface area contributed by atoms with Crippen molar-refractivity contribution in [3.05, 3.63) is 35.4 Å². The van der Waals surface area contributed by atoms with Gasteiger partial charge in [-0.3, -0.25) is 0 Å². The van der Waals surface area contributed by atoms with E-state index in [1.807, 2.05) is 26.2 Å². The van der Waals surface area contributed by atoms with E-state index < -0.39 is 0 Å². The van der Waals surface area contributed by atoms with Crippen LogP contribution in [0.3, 0.4) is 0 Å². The highest BCUT2D eigenvalue weighted by atomic mass is 16.5. The van der Waals surface area contributed by atoms with Crippen LogP contribution in [0.2, 0.25) is 0 Å². The predicted molar refractivity (Wildman–Crippen MR) is 91.9 cm³/mol. The normalized spacial score (nSPS) is 12.8. The second-order valence-corrected chi connectivity index (χ2v) is 6.82. The van der Waals surface area contributed by atoms with Gasteiger partial charge in [0.15, 0.2) is 0 Å². The molecule has 3 heteroatoms. The second kappa shape index (κ2) is 8.20. The van der Waals surface area contributed by atoms with Gasteiger partial charge in [0, 0.05) is 18.6 Å². The Balaban J connectivity index is 2.49. The van der Waals surface area contributed by atoms with Crippen molar-refractivity contribution >= 4 is 6.08 Å². The number of ether oxygens (including phenoxy) is 1. The summed E-state index contributed by atoms with van der Waals surface area (Å²) in [6.07, 6.45) is 2.21. The van der Waals surface area contributed by atoms with Crippen LogP contribution in [-0.2, 0) is 0 Å². The minimum Gasteiger partial charge on any atom is -0.492 e. The molecule has 3 nitrogen and oxygen atoms in total. The standard InChI is InChI=1S/C18H30N2O/c1-15(14-19-18(2,3)4)13-16-7-9-17(10-8-16)21-12-11-20(5)6/h7-10,13,19H,11-12,14H2,1-6H3. The molecule has 0 bridgehead atoms. The summed E-state index contributed by atoms with van der Waals surface area (Å²) in [5.41, 5.74) is 2.69. The van der Waals surface area contributed by atoms with Crippen molar-refractivity contribution in [3.63, 3.8) is 0 Å². The van der Waals surface area contributed by atoms with Crippen LogP contribution >= 0.6 is 0 Å². The number of rotatable bonds is 7. The lowest BCUT2D eigenvalue weighted by Gasteiger charge is -2.20. The molecule has 0 amide bonds. The maximum absolute atomic E-state index is 5.69. The molecule has 1 rings (SSSR count). The molecule has 0 unspecified atom stereocenters. The molecule has 0 heterocycles. The Labute approximate surface area is 130 Å². The molecule has 1 aromatic carbocycles. The van der Waals surface area contributed by atoms with Crippen molar-refractivity contribution in [1.29, 1.82) is 0 Å². The molecule has 0 saturated heterocycles. The first kappa shape index (κ1) is 17.7. The Morgan fingerprint density at radius 2 is 1.81 bits per heavy atom. The number of nitrogens with zero attached hydrogens (tertiary/aromatic N) is 1. The van der Waals surface area contributed by atoms with Crippen LogP contribution in [0, 0.1) is 0 Å². The monoisotopic (exact) mass is 290 g/mol. The summed E-state index contributed by atoms with van der Waals surface area (Å²) >= 11 is 0. The van der Waals surface area contributed by atoms with Crippen molar-refractivity contribution < 1.29 is 4.74 Å². The quantitative estimate of drug-likeness (QED) is 0.833. The molecule has 0 aromatic heterocycles. The fraction of sp³-hybridized carbons (Fsp3) is 0.556. The van der Waals surface area contributed by atoms with Crippen LogP contribution in [0.5, 0.6) is 5.75 Å². The second-order valence-electron chi connectivity index (χ2n) is 6.82. The summed E-state index contributed by atoms with van der Waals surface area (Å²) in [6.45, 7) is 11.3. The smallest absolute Gasteiger partial charge is 0.119 e. The topological polar surface area (TPSA) is 24.5 Å². The van der Waals surface area contributed by atoms with Crippen LogP contribution in [0.4, 0.5) is 0 Å². The van der Waals surface area contributed by atoms with Gasteiger partial charge in [-0.25, -0.2) is 0 Å². The molecule has 21 heavy (non-hydrogen) atoms. The minimum absolute atomic E-state index is 0.152. The average molecular weight is 290 g/mol. The predicted octanol–water partition coefficient (Wildman–Crippen LogP) is 3.42. The third-order valence-corrected chi connectivity index (χ3v) is 3.00. The number of hydrogen-bond acceptors (Lipinski definition) is 3. The number of benzene rings is 1. The highest BCUT2D eigenvalue weighted by Crippen LogP contribution is 2.14. The van der Waals surface area contributed by atoms with Gasteiger partial charge in [0.2, 0.25) is 0 Å². The molecule has 0 saturated carbocycles. The van der Waals surface area contributed by atoms with Gasteiger partial charge in [0.05, 0.1) is 0 Å². The first-order valence-corrected chi connectivity index (χ1v) is 7.56. The van der Waals surface area contributed by atoms with E-state index in [4.69, 9.17) is 4.74 Å². The first-order chi connectivity index (χ1) is 9.76. The fourth-order valence-electron chi connectivity index (χ4n) is 1.75. The molecule has 0 aliphatic carbocycles. The molecule has 1 N–H and O–H groups in total. The maximum Gasteiger partial charge on any atom is 0.119 e. The highest BCUT2D eigenvalue weighted by molar-refractivity contribution is 5.53. The first-order valence-electron chi connectivity index (χ1n) is 7.56. The van der Waals surface area contributed by atoms with Crippen LogP contribution in [0.15, 0.2) is 29.8 Å². The van der Waals surface area contributed by atoms with E-state index in [-0.39, 0.29) is 5.54 Å². The third-order valence-electron chi connectivity index (χ3n) is 3.00. The summed E-state index contributed by atoms with van der Waals surface area (Å²) in [6, 6.07) is 8.27. The Hall–Kier alpha value is -1.32. The molecule has 0 radical (unpaired) electrons. The van der Waals surface area contributed by atoms with Gasteiger partial charge in [-0.15, -0.1) is 0 Å². The van der Waals surface area contributed by atoms with Crippen molar-refractivity contribution in [3.8, 4) is 5.75 Å². The Bertz CT molecular complexity index is 441. The Morgan fingerprint density at radius 3 is 2.33 bits per heavy atom. The van der Waals surface area contributed by atoms with Crippen molar-refractivity contribution in [2.45, 2.75) is 33.2 Å². The lowest BCUT2D eigenvalue weighted by atomic mass is 10.1. The lowest BCUT2D eigenvalue weighted by molar-refractivity contribution is 0.261. The largest absolute Gasteiger partial charge is 0.492 e. The summed E-state index contributed by atoms with van der Waals surface area (Å²) in [7, 11) is 4.09. The zero-order valence-corrected chi connectivity index (χ0v) is 14.4. The van der Waals surface area contributed by atoms with Gasteiger partial charge in [0.1, 0.15) is 12.4 Å². The summed E-state index contributed by atoms with van der Waals surface area (Å²) in [4.78, 5) is 2.11. The molecule has 0 atom stereocenters. The van der Waals surface area contributed by atoms with Crippen molar-refractivity contribution in [2.75, 3.05) is 33.8 Å². The summed E-state index contributed by atoms with van der Waals surface area (Å²) in [5.74, 6) is 0.930. The lowest BCUT2D eigenvalue weighted by Crippen LogP contribution is -2.36. The molecule has 0 aliphatic rings. The maximum atomic E-state index is 5.69. The van der Waals surface area contributed by atoms with Gasteiger partial charge >= 0.3 is 0 Å². The zero-order valence-electron chi connectivity index (χ0n) is 14.4. The van der Waals surface area contributed by atoms with Gasteiger partial charge in [-0.2, -0.15) is 0 Å². The molecular weight excluding hydrogens is 260 g/mol. The van der Waals surface area contributed by atoms with Crippen molar-refractivity contribution in [1.82, 2.24) is 10.2 Å². The summed E-state index contributed by atoms with van der Waals surface area (Å²) < 4.78 is 5.69. The van der Waals surface area contributed by atoms with Gasteiger partial charge in [-0.1, -0.05) is 23.8 Å². The van der Waals surface area contributed by atoms with E-state index in [0.29, 0.717) is 0 Å². The third kappa shape index (κ3) is 8.53. The molecule has 0 aliphatic heterocycles. The molecule has 0 spiro atoms. The summed E-state index contributed by atoms with van der Waals surface area (Å²) in [5, 5.41) is 3.49. The fourth-order valence-corrected chi connectivity index (χ4v) is 1.75. The van der Waals surface area contributed by atoms with Crippen LogP contribution < -0.4 is 10.1 Å². The molecule has 1 aromatic rings. The zero-order chi connectivity index (χ0) is 15.9. The van der Waals surface area contributed by atoms with E-state index in [1.54, 1.807) is 0 Å². The van der Waals surface area contributed by atoms with Gasteiger partial charge in [0.25, 0.3) is 0 Å². The van der Waals surface area contributed by atoms with E-state index in [1.165, 1.54) is 11.1 Å². The Kier molecular flexibility index (Phi) is 6.93. The van der Waals surface area contributed by atoms with Gasteiger partial charge < -0.3 is 15.0 Å². The van der Waals surface area contributed by atoms with Crippen LogP contribution in [0.25, 0.3) is 6.08 Å². The van der Waals surface area contributed by atoms with E-state index in [0.717, 1.165) is 25.4 Å². The minimum atomic E-state index is 0.152. The number of hydrogen-bond donors (Lipinski definition) is 1. The van der Waals surface area contributed by atoms with Crippen molar-refractivity contribution in [2.24, 2.45) is 0 Å². The van der Waals surface area contributed by atoms with E-state index in [9.17, 15) is 0 Å². The average Bonchev–Trinajstić information content (AvgIpc) is 2.37. The molecule has 0 fully saturated rings. The molecular formula is C18H30N2O. The van der Waals surface area contributed by atoms with Gasteiger partial charge in [-0.05, 0) is 59.5 Å². The molecule has 118 valence electrons. The van der Waals surface area contributed by atoms with Crippen LogP contribution in [-0.4, -0.2) is 44.2 Å². The van der Waals surface area contributed by atoms with Crippen LogP contribution in [0.1, 0.15) is 33.3 Å². The van der Waals surface area contributed by atoms with E-state index >= 15 is 0 Å². The SMILES string of the molecule is CC(=Cc1ccc(OCCN(C)C)cc1)CNC(C)(C)C. The number of likely N-dealkylation sites (N-methyl/N-ethyl adjacent to an activating group) is 1.